The molecule has 9 heteroatoms. The third-order valence-electron chi connectivity index (χ3n) is 4.06. The van der Waals surface area contributed by atoms with Crippen LogP contribution in [-0.4, -0.2) is 57.4 Å². The Balaban J connectivity index is 1.50. The largest absolute Gasteiger partial charge is 0.348 e. The average Bonchev–Trinajstić information content (AvgIpc) is 2.63. The van der Waals surface area contributed by atoms with Crippen molar-refractivity contribution in [2.24, 2.45) is 5.10 Å². The van der Waals surface area contributed by atoms with Gasteiger partial charge in [-0.15, -0.1) is 0 Å². The van der Waals surface area contributed by atoms with Crippen molar-refractivity contribution >= 4 is 23.4 Å². The topological polar surface area (TPSA) is 117 Å². The number of hydrogen-bond donors (Lipinski definition) is 2. The van der Waals surface area contributed by atoms with Crippen molar-refractivity contribution in [3.8, 4) is 0 Å². The van der Waals surface area contributed by atoms with Crippen LogP contribution in [0.1, 0.15) is 36.2 Å². The molecule has 3 amide bonds. The summed E-state index contributed by atoms with van der Waals surface area (Å²) >= 11 is 0. The minimum Gasteiger partial charge on any atom is -0.348 e. The van der Waals surface area contributed by atoms with E-state index in [0.717, 1.165) is 0 Å². The molecule has 1 aromatic heterocycles. The minimum atomic E-state index is -0.257. The first-order valence-corrected chi connectivity index (χ1v) is 7.85. The maximum atomic E-state index is 12.3. The predicted octanol–water partition coefficient (Wildman–Crippen LogP) is -0.537. The van der Waals surface area contributed by atoms with Gasteiger partial charge in [-0.25, -0.2) is 10.4 Å². The molecule has 1 fully saturated rings. The Morgan fingerprint density at radius 2 is 2.00 bits per heavy atom. The smallest absolute Gasteiger partial charge is 0.271 e. The second-order valence-corrected chi connectivity index (χ2v) is 5.72. The van der Waals surface area contributed by atoms with Gasteiger partial charge in [0.2, 0.25) is 5.91 Å². The highest BCUT2D eigenvalue weighted by molar-refractivity contribution is 6.39. The maximum absolute atomic E-state index is 12.3. The normalized spacial score (nSPS) is 18.6. The first-order valence-electron chi connectivity index (χ1n) is 7.85. The highest BCUT2D eigenvalue weighted by Gasteiger charge is 2.28. The number of likely N-dealkylation sites (tertiary alicyclic amines) is 1. The van der Waals surface area contributed by atoms with Crippen LogP contribution in [0.15, 0.2) is 23.7 Å². The standard InChI is InChI=1S/C15H18N6O3/c22-13-2-1-11(19-20-13)15(24)21-7-3-10(4-8-21)18-14(23)12-9-16-5-6-17-12/h5-6,9-10H,1-4,7-8H2,(H,18,23)(H,20,22). The van der Waals surface area contributed by atoms with Crippen LogP contribution in [-0.2, 0) is 9.59 Å². The number of carbonyl (C=O) groups excluding carboxylic acids is 3. The number of nitrogens with zero attached hydrogens (tertiary/aromatic N) is 4. The van der Waals surface area contributed by atoms with Crippen LogP contribution < -0.4 is 10.7 Å². The Labute approximate surface area is 138 Å². The molecule has 1 saturated heterocycles. The van der Waals surface area contributed by atoms with E-state index in [0.29, 0.717) is 38.1 Å². The lowest BCUT2D eigenvalue weighted by molar-refractivity contribution is -0.125. The van der Waals surface area contributed by atoms with Gasteiger partial charge in [-0.05, 0) is 12.8 Å². The van der Waals surface area contributed by atoms with Crippen LogP contribution in [0.3, 0.4) is 0 Å². The number of hydrazone groups is 1. The summed E-state index contributed by atoms with van der Waals surface area (Å²) in [5.41, 5.74) is 3.00. The molecular weight excluding hydrogens is 312 g/mol. The van der Waals surface area contributed by atoms with Gasteiger partial charge < -0.3 is 10.2 Å². The van der Waals surface area contributed by atoms with E-state index < -0.39 is 0 Å². The molecule has 0 aliphatic carbocycles. The minimum absolute atomic E-state index is 0.00319. The van der Waals surface area contributed by atoms with Crippen LogP contribution in [0.5, 0.6) is 0 Å². The average molecular weight is 330 g/mol. The van der Waals surface area contributed by atoms with E-state index in [9.17, 15) is 14.4 Å². The fourth-order valence-corrected chi connectivity index (χ4v) is 2.71. The summed E-state index contributed by atoms with van der Waals surface area (Å²) in [4.78, 5) is 45.0. The lowest BCUT2D eigenvalue weighted by Crippen LogP contribution is -2.49. The molecule has 126 valence electrons. The van der Waals surface area contributed by atoms with Crippen LogP contribution in [0, 0.1) is 0 Å². The monoisotopic (exact) mass is 330 g/mol. The molecule has 0 radical (unpaired) electrons. The molecule has 0 bridgehead atoms. The number of amides is 3. The Morgan fingerprint density at radius 1 is 1.21 bits per heavy atom. The number of carbonyl (C=O) groups is 3. The van der Waals surface area contributed by atoms with Gasteiger partial charge in [0.05, 0.1) is 6.20 Å². The zero-order chi connectivity index (χ0) is 16.9. The molecule has 24 heavy (non-hydrogen) atoms. The molecular formula is C15H18N6O3. The Hall–Kier alpha value is -2.84. The molecule has 3 heterocycles. The van der Waals surface area contributed by atoms with E-state index in [1.165, 1.54) is 18.6 Å². The summed E-state index contributed by atoms with van der Waals surface area (Å²) < 4.78 is 0. The highest BCUT2D eigenvalue weighted by Crippen LogP contribution is 2.13. The van der Waals surface area contributed by atoms with Crippen molar-refractivity contribution in [2.75, 3.05) is 13.1 Å². The van der Waals surface area contributed by atoms with Gasteiger partial charge in [0.15, 0.2) is 0 Å². The lowest BCUT2D eigenvalue weighted by atomic mass is 10.0. The van der Waals surface area contributed by atoms with Gasteiger partial charge in [-0.3, -0.25) is 19.4 Å². The van der Waals surface area contributed by atoms with E-state index in [-0.39, 0.29) is 35.9 Å². The highest BCUT2D eigenvalue weighted by atomic mass is 16.2. The van der Waals surface area contributed by atoms with Crippen molar-refractivity contribution in [3.05, 3.63) is 24.3 Å². The number of rotatable bonds is 3. The Morgan fingerprint density at radius 3 is 2.62 bits per heavy atom. The van der Waals surface area contributed by atoms with E-state index in [2.05, 4.69) is 25.8 Å². The second-order valence-electron chi connectivity index (χ2n) is 5.72. The summed E-state index contributed by atoms with van der Waals surface area (Å²) in [6, 6.07) is -0.00319. The molecule has 2 N–H and O–H groups in total. The first kappa shape index (κ1) is 16.0. The van der Waals surface area contributed by atoms with Gasteiger partial charge >= 0.3 is 0 Å². The molecule has 2 aliphatic rings. The Bertz CT molecular complexity index is 667. The van der Waals surface area contributed by atoms with Crippen molar-refractivity contribution in [1.82, 2.24) is 25.6 Å². The van der Waals surface area contributed by atoms with Crippen molar-refractivity contribution in [3.63, 3.8) is 0 Å². The first-order chi connectivity index (χ1) is 11.6. The summed E-state index contributed by atoms with van der Waals surface area (Å²) in [6.45, 7) is 1.08. The van der Waals surface area contributed by atoms with Gasteiger partial charge in [-0.1, -0.05) is 0 Å². The number of hydrogen-bond acceptors (Lipinski definition) is 6. The van der Waals surface area contributed by atoms with Gasteiger partial charge in [0, 0.05) is 44.4 Å². The third kappa shape index (κ3) is 3.73. The van der Waals surface area contributed by atoms with Gasteiger partial charge in [0.25, 0.3) is 11.8 Å². The zero-order valence-corrected chi connectivity index (χ0v) is 13.1. The molecule has 0 aromatic carbocycles. The molecule has 0 saturated carbocycles. The predicted molar refractivity (Wildman–Crippen MR) is 83.9 cm³/mol. The van der Waals surface area contributed by atoms with E-state index in [4.69, 9.17) is 0 Å². The lowest BCUT2D eigenvalue weighted by Gasteiger charge is -2.32. The number of nitrogens with one attached hydrogen (secondary N) is 2. The maximum Gasteiger partial charge on any atom is 0.271 e. The molecule has 0 spiro atoms. The summed E-state index contributed by atoms with van der Waals surface area (Å²) in [5, 5.41) is 6.75. The molecule has 0 atom stereocenters. The fourth-order valence-electron chi connectivity index (χ4n) is 2.71. The fraction of sp³-hybridized carbons (Fsp3) is 0.467. The van der Waals surface area contributed by atoms with E-state index in [1.807, 2.05) is 0 Å². The van der Waals surface area contributed by atoms with Crippen LogP contribution in [0.4, 0.5) is 0 Å². The van der Waals surface area contributed by atoms with Crippen molar-refractivity contribution in [2.45, 2.75) is 31.7 Å². The van der Waals surface area contributed by atoms with E-state index >= 15 is 0 Å². The third-order valence-corrected chi connectivity index (χ3v) is 4.06. The van der Waals surface area contributed by atoms with Crippen molar-refractivity contribution < 1.29 is 14.4 Å². The van der Waals surface area contributed by atoms with Crippen LogP contribution >= 0.6 is 0 Å². The van der Waals surface area contributed by atoms with E-state index in [1.54, 1.807) is 4.90 Å². The summed E-state index contributed by atoms with van der Waals surface area (Å²) in [6.07, 6.45) is 6.39. The molecule has 2 aliphatic heterocycles. The molecule has 9 nitrogen and oxygen atoms in total. The molecule has 3 rings (SSSR count). The molecule has 1 aromatic rings. The quantitative estimate of drug-likeness (QED) is 0.772. The molecule has 0 unspecified atom stereocenters. The van der Waals surface area contributed by atoms with Crippen LogP contribution in [0.2, 0.25) is 0 Å². The summed E-state index contributed by atoms with van der Waals surface area (Å²) in [5.74, 6) is -0.571. The van der Waals surface area contributed by atoms with Gasteiger partial charge in [0.1, 0.15) is 11.4 Å². The SMILES string of the molecule is O=C1CCC(C(=O)N2CCC(NC(=O)c3cnccn3)CC2)=NN1. The second kappa shape index (κ2) is 7.16. The number of piperidine rings is 1. The summed E-state index contributed by atoms with van der Waals surface area (Å²) in [7, 11) is 0. The zero-order valence-electron chi connectivity index (χ0n) is 13.1. The van der Waals surface area contributed by atoms with Crippen molar-refractivity contribution in [1.29, 1.82) is 0 Å². The van der Waals surface area contributed by atoms with Gasteiger partial charge in [-0.2, -0.15) is 5.10 Å². The Kier molecular flexibility index (Phi) is 4.78. The number of aromatic nitrogens is 2. The van der Waals surface area contributed by atoms with Crippen LogP contribution in [0.25, 0.3) is 0 Å².